The van der Waals surface area contributed by atoms with Gasteiger partial charge in [-0.1, -0.05) is 26.8 Å². The molecular formula is C28H37ClO6. The van der Waals surface area contributed by atoms with Crippen molar-refractivity contribution < 1.29 is 23.7 Å². The summed E-state index contributed by atoms with van der Waals surface area (Å²) in [5.41, 5.74) is -0.741. The molecule has 2 heterocycles. The number of rotatable bonds is 3. The fourth-order valence-electron chi connectivity index (χ4n) is 9.54. The Morgan fingerprint density at radius 2 is 1.91 bits per heavy atom. The van der Waals surface area contributed by atoms with Crippen molar-refractivity contribution >= 4 is 11.6 Å². The van der Waals surface area contributed by atoms with Gasteiger partial charge in [-0.15, -0.1) is 11.6 Å². The summed E-state index contributed by atoms with van der Waals surface area (Å²) in [6, 6.07) is 3.25. The predicted octanol–water partition coefficient (Wildman–Crippen LogP) is 4.43. The van der Waals surface area contributed by atoms with Crippen LogP contribution >= 0.6 is 11.6 Å². The molecule has 0 spiro atoms. The molecule has 1 aromatic rings. The third-order valence-corrected chi connectivity index (χ3v) is 11.2. The van der Waals surface area contributed by atoms with Gasteiger partial charge in [-0.05, 0) is 48.8 Å². The van der Waals surface area contributed by atoms with Crippen LogP contribution in [0.2, 0.25) is 0 Å². The molecule has 10 atom stereocenters. The van der Waals surface area contributed by atoms with Gasteiger partial charge in [0.25, 0.3) is 0 Å². The molecule has 6 nitrogen and oxygen atoms in total. The summed E-state index contributed by atoms with van der Waals surface area (Å²) in [6.45, 7) is 8.69. The summed E-state index contributed by atoms with van der Waals surface area (Å²) in [6.07, 6.45) is 6.65. The van der Waals surface area contributed by atoms with Crippen LogP contribution in [-0.2, 0) is 14.2 Å². The lowest BCUT2D eigenvalue weighted by molar-refractivity contribution is -0.200. The summed E-state index contributed by atoms with van der Waals surface area (Å²) in [4.78, 5) is 10.9. The second-order valence-electron chi connectivity index (χ2n) is 12.6. The number of alkyl halides is 1. The van der Waals surface area contributed by atoms with Crippen LogP contribution in [0.5, 0.6) is 0 Å². The van der Waals surface area contributed by atoms with Crippen LogP contribution in [-0.4, -0.2) is 53.7 Å². The van der Waals surface area contributed by atoms with E-state index in [1.54, 1.807) is 13.2 Å². The van der Waals surface area contributed by atoms with Crippen molar-refractivity contribution in [3.8, 4) is 0 Å². The van der Waals surface area contributed by atoms with Crippen LogP contribution in [0.4, 0.5) is 0 Å². The third-order valence-electron chi connectivity index (χ3n) is 10.8. The fraction of sp³-hybridized carbons (Fsp3) is 0.750. The lowest BCUT2D eigenvalue weighted by Crippen LogP contribution is -2.68. The minimum atomic E-state index is -1.10. The SMILES string of the molecule is CO[C@H]1[C@H]2O[C@H]2[C@]2(OC)[C@H]3CC[C@]4(C)[C@@H](c5ccc(=O)oc5)C(C)(Cl)C[C@]4(O)C3=CC[C@H]2C1(C)C. The van der Waals surface area contributed by atoms with Crippen LogP contribution in [0.25, 0.3) is 0 Å². The van der Waals surface area contributed by atoms with E-state index in [2.05, 4.69) is 26.8 Å². The fourth-order valence-corrected chi connectivity index (χ4v) is 10.1. The number of aliphatic hydroxyl groups is 1. The first-order valence-corrected chi connectivity index (χ1v) is 13.2. The van der Waals surface area contributed by atoms with E-state index < -0.39 is 21.5 Å². The molecule has 0 radical (unpaired) electrons. The zero-order chi connectivity index (χ0) is 25.2. The lowest BCUT2D eigenvalue weighted by Gasteiger charge is -2.62. The second-order valence-corrected chi connectivity index (χ2v) is 13.5. The average molecular weight is 505 g/mol. The number of fused-ring (bicyclic) bond motifs is 7. The van der Waals surface area contributed by atoms with Crippen molar-refractivity contribution in [1.29, 1.82) is 0 Å². The van der Waals surface area contributed by atoms with Gasteiger partial charge in [0.2, 0.25) is 0 Å². The van der Waals surface area contributed by atoms with Crippen molar-refractivity contribution in [2.45, 2.75) is 93.7 Å². The minimum absolute atomic E-state index is 0.00957. The van der Waals surface area contributed by atoms with E-state index >= 15 is 0 Å². The number of hydrogen-bond acceptors (Lipinski definition) is 6. The van der Waals surface area contributed by atoms with Gasteiger partial charge in [0, 0.05) is 49.9 Å². The van der Waals surface area contributed by atoms with E-state index in [0.29, 0.717) is 6.42 Å². The molecule has 0 bridgehead atoms. The van der Waals surface area contributed by atoms with Crippen molar-refractivity contribution in [3.05, 3.63) is 46.0 Å². The zero-order valence-corrected chi connectivity index (χ0v) is 22.2. The number of methoxy groups -OCH3 is 2. The summed E-state index contributed by atoms with van der Waals surface area (Å²) >= 11 is 7.24. The maximum atomic E-state index is 12.6. The van der Waals surface area contributed by atoms with Crippen LogP contribution in [0, 0.1) is 22.7 Å². The molecule has 4 fully saturated rings. The van der Waals surface area contributed by atoms with Crippen LogP contribution in [0.15, 0.2) is 39.3 Å². The number of ether oxygens (including phenoxy) is 3. The highest BCUT2D eigenvalue weighted by Crippen LogP contribution is 2.73. The highest BCUT2D eigenvalue weighted by Gasteiger charge is 2.78. The van der Waals surface area contributed by atoms with E-state index in [9.17, 15) is 9.90 Å². The van der Waals surface area contributed by atoms with Gasteiger partial charge < -0.3 is 23.7 Å². The molecule has 5 aliphatic rings. The van der Waals surface area contributed by atoms with Gasteiger partial charge in [-0.2, -0.15) is 0 Å². The molecule has 35 heavy (non-hydrogen) atoms. The number of hydrogen-bond donors (Lipinski definition) is 1. The first-order chi connectivity index (χ1) is 16.4. The Kier molecular flexibility index (Phi) is 4.99. The standard InChI is InChI=1S/C28H37ClO6/c1-24(2)18-9-8-16-17(28(18,33-6)23-20(35-23)22(24)32-5)11-12-25(3)21(15-7-10-19(30)34-13-15)26(4,29)14-27(16,25)31/h7-8,10,13,17-18,20-23,31H,9,11-12,14H2,1-6H3/t17-,18-,20+,21+,22-,23+,25+,26?,27-,28-/m0/s1. The van der Waals surface area contributed by atoms with Gasteiger partial charge in [-0.3, -0.25) is 0 Å². The molecule has 7 heteroatoms. The van der Waals surface area contributed by atoms with Gasteiger partial charge in [-0.25, -0.2) is 4.79 Å². The van der Waals surface area contributed by atoms with Gasteiger partial charge in [0.15, 0.2) is 0 Å². The summed E-state index contributed by atoms with van der Waals surface area (Å²) in [5.74, 6) is 0.0735. The summed E-state index contributed by atoms with van der Waals surface area (Å²) < 4.78 is 24.0. The molecule has 1 aromatic heterocycles. The topological polar surface area (TPSA) is 81.4 Å². The molecule has 1 aliphatic heterocycles. The van der Waals surface area contributed by atoms with Gasteiger partial charge in [0.05, 0.1) is 22.8 Å². The Bertz CT molecular complexity index is 1120. The lowest BCUT2D eigenvalue weighted by atomic mass is 9.46. The van der Waals surface area contributed by atoms with Crippen molar-refractivity contribution in [3.63, 3.8) is 0 Å². The molecule has 192 valence electrons. The maximum absolute atomic E-state index is 12.6. The third kappa shape index (κ3) is 2.78. The zero-order valence-electron chi connectivity index (χ0n) is 21.5. The minimum Gasteiger partial charge on any atom is -0.431 e. The molecular weight excluding hydrogens is 468 g/mol. The Balaban J connectivity index is 1.47. The molecule has 0 aromatic carbocycles. The maximum Gasteiger partial charge on any atom is 0.335 e. The quantitative estimate of drug-likeness (QED) is 0.372. The molecule has 1 N–H and O–H groups in total. The largest absolute Gasteiger partial charge is 0.431 e. The van der Waals surface area contributed by atoms with Crippen molar-refractivity contribution in [1.82, 2.24) is 0 Å². The van der Waals surface area contributed by atoms with Crippen LogP contribution in [0.1, 0.15) is 64.9 Å². The monoisotopic (exact) mass is 504 g/mol. The highest BCUT2D eigenvalue weighted by atomic mass is 35.5. The van der Waals surface area contributed by atoms with Gasteiger partial charge in [0.1, 0.15) is 17.8 Å². The Labute approximate surface area is 212 Å². The smallest absolute Gasteiger partial charge is 0.335 e. The summed E-state index contributed by atoms with van der Waals surface area (Å²) in [7, 11) is 3.58. The first-order valence-electron chi connectivity index (χ1n) is 12.8. The normalized spacial score (nSPS) is 51.5. The predicted molar refractivity (Wildman–Crippen MR) is 132 cm³/mol. The molecule has 6 rings (SSSR count). The van der Waals surface area contributed by atoms with E-state index in [4.69, 9.17) is 30.2 Å². The molecule has 1 unspecified atom stereocenters. The Morgan fingerprint density at radius 3 is 2.54 bits per heavy atom. The van der Waals surface area contributed by atoms with E-state index in [1.807, 2.05) is 14.0 Å². The van der Waals surface area contributed by atoms with Gasteiger partial charge >= 0.3 is 5.63 Å². The molecule has 3 saturated carbocycles. The number of epoxide rings is 1. The second kappa shape index (κ2) is 7.22. The number of halogens is 1. The van der Waals surface area contributed by atoms with Crippen molar-refractivity contribution in [2.24, 2.45) is 22.7 Å². The van der Waals surface area contributed by atoms with E-state index in [-0.39, 0.29) is 47.1 Å². The molecule has 1 saturated heterocycles. The highest BCUT2D eigenvalue weighted by molar-refractivity contribution is 6.24. The van der Waals surface area contributed by atoms with Crippen LogP contribution in [0.3, 0.4) is 0 Å². The van der Waals surface area contributed by atoms with E-state index in [1.165, 1.54) is 12.3 Å². The Morgan fingerprint density at radius 1 is 1.17 bits per heavy atom. The van der Waals surface area contributed by atoms with Crippen molar-refractivity contribution in [2.75, 3.05) is 14.2 Å². The molecule has 0 amide bonds. The van der Waals surface area contributed by atoms with Crippen LogP contribution < -0.4 is 5.63 Å². The Hall–Kier alpha value is -1.18. The van der Waals surface area contributed by atoms with E-state index in [0.717, 1.165) is 30.4 Å². The summed E-state index contributed by atoms with van der Waals surface area (Å²) in [5, 5.41) is 12.6. The average Bonchev–Trinajstić information content (AvgIpc) is 3.54. The number of allylic oxidation sites excluding steroid dienone is 1. The first kappa shape index (κ1) is 24.2. The molecule has 4 aliphatic carbocycles.